The van der Waals surface area contributed by atoms with Gasteiger partial charge in [0.1, 0.15) is 28.2 Å². The average Bonchev–Trinajstić information content (AvgIpc) is 2.88. The first-order chi connectivity index (χ1) is 17.8. The van der Waals surface area contributed by atoms with Crippen LogP contribution in [0.3, 0.4) is 0 Å². The molecular weight excluding hydrogens is 474 g/mol. The number of fused-ring (bicyclic) bond motifs is 2. The van der Waals surface area contributed by atoms with Crippen LogP contribution < -0.4 is 11.0 Å². The van der Waals surface area contributed by atoms with Gasteiger partial charge in [-0.3, -0.25) is 14.4 Å². The first-order valence-electron chi connectivity index (χ1n) is 11.6. The van der Waals surface area contributed by atoms with Gasteiger partial charge in [-0.25, -0.2) is 0 Å². The summed E-state index contributed by atoms with van der Waals surface area (Å²) in [4.78, 5) is 41.8. The Bertz CT molecular complexity index is 1780. The first kappa shape index (κ1) is 23.9. The van der Waals surface area contributed by atoms with Gasteiger partial charge >= 0.3 is 5.97 Å². The largest absolute Gasteiger partial charge is 0.507 e. The summed E-state index contributed by atoms with van der Waals surface area (Å²) in [7, 11) is 1.22. The van der Waals surface area contributed by atoms with Crippen molar-refractivity contribution in [2.45, 2.75) is 19.3 Å². The molecule has 0 radical (unpaired) electrons. The minimum Gasteiger partial charge on any atom is -0.507 e. The third-order valence-corrected chi connectivity index (χ3v) is 6.50. The predicted molar refractivity (Wildman–Crippen MR) is 139 cm³/mol. The third kappa shape index (κ3) is 4.23. The summed E-state index contributed by atoms with van der Waals surface area (Å²) < 4.78 is 11.0. The van der Waals surface area contributed by atoms with E-state index in [1.807, 2.05) is 31.2 Å². The van der Waals surface area contributed by atoms with Crippen LogP contribution in [0, 0.1) is 6.92 Å². The number of phenolic OH excluding ortho intramolecular Hbond substituents is 2. The molecule has 0 amide bonds. The molecule has 3 aromatic carbocycles. The van der Waals surface area contributed by atoms with E-state index < -0.39 is 34.4 Å². The Balaban J connectivity index is 1.85. The van der Waals surface area contributed by atoms with Crippen LogP contribution in [-0.4, -0.2) is 28.3 Å². The SMILES string of the molecule is COC(=O)CC(c1cc2cccc(C)c2[nH]c1=O)c1c(O)cc(O)c2c(=O)cc(-c3ccccc3)oc12. The second kappa shape index (κ2) is 9.31. The standard InChI is InChI=1S/C29H23NO7/c1-15-7-6-10-17-11-19(29(35)30-27(15)17)18(12-24(34)36-2)25-20(31)13-21(32)26-22(33)14-23(37-28(25)26)16-8-4-3-5-9-16/h3-11,13-14,18,31-32H,12H2,1-2H3,(H,30,35). The molecule has 0 spiro atoms. The maximum Gasteiger partial charge on any atom is 0.306 e. The van der Waals surface area contributed by atoms with E-state index in [0.29, 0.717) is 11.1 Å². The second-order valence-corrected chi connectivity index (χ2v) is 8.80. The number of ether oxygens (including phenoxy) is 1. The molecule has 186 valence electrons. The molecule has 0 saturated heterocycles. The summed E-state index contributed by atoms with van der Waals surface area (Å²) in [6.07, 6.45) is -0.330. The Morgan fingerprint density at radius 2 is 1.76 bits per heavy atom. The number of hydrogen-bond donors (Lipinski definition) is 3. The van der Waals surface area contributed by atoms with E-state index in [1.165, 1.54) is 13.2 Å². The number of benzene rings is 3. The van der Waals surface area contributed by atoms with E-state index in [-0.39, 0.29) is 34.3 Å². The Kier molecular flexibility index (Phi) is 6.01. The van der Waals surface area contributed by atoms with E-state index >= 15 is 0 Å². The van der Waals surface area contributed by atoms with Gasteiger partial charge in [-0.2, -0.15) is 0 Å². The van der Waals surface area contributed by atoms with Crippen molar-refractivity contribution in [2.75, 3.05) is 7.11 Å². The smallest absolute Gasteiger partial charge is 0.306 e. The number of phenols is 2. The van der Waals surface area contributed by atoms with Crippen molar-refractivity contribution in [1.82, 2.24) is 4.98 Å². The molecule has 1 atom stereocenters. The van der Waals surface area contributed by atoms with Crippen LogP contribution in [0.15, 0.2) is 80.7 Å². The number of H-pyrrole nitrogens is 1. The average molecular weight is 498 g/mol. The highest BCUT2D eigenvalue weighted by atomic mass is 16.5. The van der Waals surface area contributed by atoms with Gasteiger partial charge in [0.05, 0.1) is 19.0 Å². The number of rotatable bonds is 5. The maximum atomic E-state index is 13.3. The second-order valence-electron chi connectivity index (χ2n) is 8.80. The van der Waals surface area contributed by atoms with Crippen molar-refractivity contribution in [3.05, 3.63) is 104 Å². The van der Waals surface area contributed by atoms with Crippen LogP contribution >= 0.6 is 0 Å². The van der Waals surface area contributed by atoms with Gasteiger partial charge in [-0.1, -0.05) is 48.5 Å². The minimum atomic E-state index is -1.06. The van der Waals surface area contributed by atoms with Crippen LogP contribution in [0.2, 0.25) is 0 Å². The van der Waals surface area contributed by atoms with Crippen molar-refractivity contribution < 1.29 is 24.2 Å². The topological polar surface area (TPSA) is 130 Å². The highest BCUT2D eigenvalue weighted by molar-refractivity contribution is 5.91. The van der Waals surface area contributed by atoms with Crippen molar-refractivity contribution in [1.29, 1.82) is 0 Å². The minimum absolute atomic E-state index is 0.0191. The van der Waals surface area contributed by atoms with Gasteiger partial charge in [0, 0.05) is 34.7 Å². The molecule has 1 unspecified atom stereocenters. The fourth-order valence-corrected chi connectivity index (χ4v) is 4.68. The van der Waals surface area contributed by atoms with Crippen LogP contribution in [0.25, 0.3) is 33.2 Å². The highest BCUT2D eigenvalue weighted by Gasteiger charge is 2.30. The number of methoxy groups -OCH3 is 1. The summed E-state index contributed by atoms with van der Waals surface area (Å²) in [5.74, 6) is -2.42. The lowest BCUT2D eigenvalue weighted by atomic mass is 9.86. The molecule has 3 N–H and O–H groups in total. The predicted octanol–water partition coefficient (Wildman–Crippen LogP) is 4.72. The van der Waals surface area contributed by atoms with E-state index in [4.69, 9.17) is 9.15 Å². The Labute approximate surface area is 210 Å². The number of nitrogens with one attached hydrogen (secondary N) is 1. The van der Waals surface area contributed by atoms with Crippen LogP contribution in [0.4, 0.5) is 0 Å². The number of carbonyl (C=O) groups is 1. The third-order valence-electron chi connectivity index (χ3n) is 6.50. The Hall–Kier alpha value is -4.85. The van der Waals surface area contributed by atoms with E-state index in [0.717, 1.165) is 17.0 Å². The molecule has 8 heteroatoms. The monoisotopic (exact) mass is 497 g/mol. The molecule has 0 saturated carbocycles. The van der Waals surface area contributed by atoms with Crippen LogP contribution in [0.1, 0.15) is 29.0 Å². The van der Waals surface area contributed by atoms with Gasteiger partial charge in [0.2, 0.25) is 0 Å². The van der Waals surface area contributed by atoms with Crippen molar-refractivity contribution >= 4 is 27.8 Å². The Morgan fingerprint density at radius 1 is 1.00 bits per heavy atom. The number of aryl methyl sites for hydroxylation is 1. The fraction of sp³-hybridized carbons (Fsp3) is 0.138. The lowest BCUT2D eigenvalue weighted by Gasteiger charge is -2.20. The van der Waals surface area contributed by atoms with Crippen LogP contribution in [-0.2, 0) is 9.53 Å². The fourth-order valence-electron chi connectivity index (χ4n) is 4.68. The molecular formula is C29H23NO7. The molecule has 0 bridgehead atoms. The summed E-state index contributed by atoms with van der Waals surface area (Å²) in [6, 6.07) is 18.3. The zero-order chi connectivity index (χ0) is 26.3. The zero-order valence-electron chi connectivity index (χ0n) is 20.1. The molecule has 5 aromatic rings. The number of para-hydroxylation sites is 1. The molecule has 37 heavy (non-hydrogen) atoms. The van der Waals surface area contributed by atoms with E-state index in [1.54, 1.807) is 30.3 Å². The molecule has 0 aliphatic rings. The van der Waals surface area contributed by atoms with Crippen molar-refractivity contribution in [3.8, 4) is 22.8 Å². The zero-order valence-corrected chi connectivity index (χ0v) is 20.1. The number of aromatic amines is 1. The van der Waals surface area contributed by atoms with Gasteiger partial charge in [0.15, 0.2) is 5.43 Å². The number of hydrogen-bond acceptors (Lipinski definition) is 7. The highest BCUT2D eigenvalue weighted by Crippen LogP contribution is 2.42. The molecule has 2 heterocycles. The summed E-state index contributed by atoms with van der Waals surface area (Å²) in [6.45, 7) is 1.86. The molecule has 0 aliphatic heterocycles. The maximum absolute atomic E-state index is 13.3. The number of aromatic hydroxyl groups is 2. The summed E-state index contributed by atoms with van der Waals surface area (Å²) in [5.41, 5.74) is 1.15. The molecule has 2 aromatic heterocycles. The molecule has 0 aliphatic carbocycles. The van der Waals surface area contributed by atoms with Gasteiger partial charge in [0.25, 0.3) is 5.56 Å². The van der Waals surface area contributed by atoms with Crippen molar-refractivity contribution in [2.24, 2.45) is 0 Å². The van der Waals surface area contributed by atoms with Gasteiger partial charge in [-0.05, 0) is 23.9 Å². The van der Waals surface area contributed by atoms with E-state index in [2.05, 4.69) is 4.98 Å². The quantitative estimate of drug-likeness (QED) is 0.300. The van der Waals surface area contributed by atoms with Gasteiger partial charge < -0.3 is 24.4 Å². The lowest BCUT2D eigenvalue weighted by Crippen LogP contribution is -2.21. The summed E-state index contributed by atoms with van der Waals surface area (Å²) >= 11 is 0. The van der Waals surface area contributed by atoms with Crippen molar-refractivity contribution in [3.63, 3.8) is 0 Å². The number of pyridine rings is 1. The van der Waals surface area contributed by atoms with Gasteiger partial charge in [-0.15, -0.1) is 0 Å². The Morgan fingerprint density at radius 3 is 2.49 bits per heavy atom. The number of carbonyl (C=O) groups excluding carboxylic acids is 1. The van der Waals surface area contributed by atoms with Crippen LogP contribution in [0.5, 0.6) is 11.5 Å². The first-order valence-corrected chi connectivity index (χ1v) is 11.6. The lowest BCUT2D eigenvalue weighted by molar-refractivity contribution is -0.140. The summed E-state index contributed by atoms with van der Waals surface area (Å²) in [5, 5.41) is 22.1. The van der Waals surface area contributed by atoms with E-state index in [9.17, 15) is 24.6 Å². The normalized spacial score (nSPS) is 12.1. The molecule has 0 fully saturated rings. The number of aromatic nitrogens is 1. The molecule has 8 nitrogen and oxygen atoms in total. The number of esters is 1. The molecule has 5 rings (SSSR count).